The van der Waals surface area contributed by atoms with E-state index >= 15 is 0 Å². The molecular weight excluding hydrogens is 380 g/mol. The SMILES string of the molecule is O=C(C[C@@H](CCCC1CCCCC1)c1nc(-c2nccc3ccccc23)no1)NO. The van der Waals surface area contributed by atoms with E-state index in [0.29, 0.717) is 17.4 Å². The third kappa shape index (κ3) is 4.84. The van der Waals surface area contributed by atoms with Crippen LogP contribution in [0.3, 0.4) is 0 Å². The van der Waals surface area contributed by atoms with Crippen molar-refractivity contribution in [3.8, 4) is 11.5 Å². The van der Waals surface area contributed by atoms with E-state index in [1.165, 1.54) is 32.1 Å². The van der Waals surface area contributed by atoms with Crippen molar-refractivity contribution in [2.45, 2.75) is 63.7 Å². The summed E-state index contributed by atoms with van der Waals surface area (Å²) in [6, 6.07) is 9.87. The zero-order valence-electron chi connectivity index (χ0n) is 17.1. The van der Waals surface area contributed by atoms with Crippen LogP contribution in [0.1, 0.15) is 69.6 Å². The molecule has 1 amide bonds. The van der Waals surface area contributed by atoms with Gasteiger partial charge in [0.2, 0.25) is 17.6 Å². The molecule has 7 heteroatoms. The van der Waals surface area contributed by atoms with Gasteiger partial charge in [-0.3, -0.25) is 15.0 Å². The number of aromatic nitrogens is 3. The number of rotatable bonds is 8. The molecule has 0 saturated heterocycles. The number of carbonyl (C=O) groups excluding carboxylic acids is 1. The van der Waals surface area contributed by atoms with E-state index in [-0.39, 0.29) is 12.3 Å². The Kier molecular flexibility index (Phi) is 6.69. The van der Waals surface area contributed by atoms with Crippen LogP contribution in [0.2, 0.25) is 0 Å². The first kappa shape index (κ1) is 20.5. The lowest BCUT2D eigenvalue weighted by atomic mass is 9.84. The molecule has 4 rings (SSSR count). The van der Waals surface area contributed by atoms with E-state index in [1.54, 1.807) is 11.7 Å². The van der Waals surface area contributed by atoms with Crippen molar-refractivity contribution < 1.29 is 14.5 Å². The molecule has 1 fully saturated rings. The van der Waals surface area contributed by atoms with Gasteiger partial charge in [0.25, 0.3) is 0 Å². The number of hydrogen-bond donors (Lipinski definition) is 2. The Hall–Kier alpha value is -2.80. The first-order valence-corrected chi connectivity index (χ1v) is 10.8. The van der Waals surface area contributed by atoms with E-state index < -0.39 is 5.91 Å². The van der Waals surface area contributed by atoms with Crippen LogP contribution in [0.15, 0.2) is 41.1 Å². The second kappa shape index (κ2) is 9.80. The molecule has 0 radical (unpaired) electrons. The Labute approximate surface area is 175 Å². The summed E-state index contributed by atoms with van der Waals surface area (Å²) >= 11 is 0. The summed E-state index contributed by atoms with van der Waals surface area (Å²) in [5.74, 6) is 0.956. The molecule has 1 saturated carbocycles. The van der Waals surface area contributed by atoms with Crippen molar-refractivity contribution in [1.82, 2.24) is 20.6 Å². The third-order valence-corrected chi connectivity index (χ3v) is 6.12. The van der Waals surface area contributed by atoms with Crippen molar-refractivity contribution in [1.29, 1.82) is 0 Å². The van der Waals surface area contributed by atoms with Crippen LogP contribution in [-0.4, -0.2) is 26.2 Å². The van der Waals surface area contributed by atoms with Crippen molar-refractivity contribution in [2.24, 2.45) is 5.92 Å². The van der Waals surface area contributed by atoms with Gasteiger partial charge in [-0.1, -0.05) is 74.4 Å². The van der Waals surface area contributed by atoms with Crippen molar-refractivity contribution in [3.05, 3.63) is 42.4 Å². The number of pyridine rings is 1. The van der Waals surface area contributed by atoms with Gasteiger partial charge >= 0.3 is 0 Å². The van der Waals surface area contributed by atoms with E-state index in [1.807, 2.05) is 30.3 Å². The van der Waals surface area contributed by atoms with Crippen molar-refractivity contribution in [2.75, 3.05) is 0 Å². The molecule has 2 aromatic heterocycles. The maximum atomic E-state index is 11.8. The molecule has 7 nitrogen and oxygen atoms in total. The summed E-state index contributed by atoms with van der Waals surface area (Å²) in [6.45, 7) is 0. The van der Waals surface area contributed by atoms with Gasteiger partial charge in [0.05, 0.1) is 0 Å². The van der Waals surface area contributed by atoms with E-state index in [2.05, 4.69) is 15.1 Å². The molecule has 1 aliphatic rings. The monoisotopic (exact) mass is 408 g/mol. The van der Waals surface area contributed by atoms with Crippen LogP contribution in [0.4, 0.5) is 0 Å². The maximum Gasteiger partial charge on any atom is 0.244 e. The number of nitrogens with zero attached hydrogens (tertiary/aromatic N) is 3. The highest BCUT2D eigenvalue weighted by atomic mass is 16.5. The van der Waals surface area contributed by atoms with Crippen LogP contribution in [0.25, 0.3) is 22.3 Å². The van der Waals surface area contributed by atoms with Crippen LogP contribution in [-0.2, 0) is 4.79 Å². The van der Waals surface area contributed by atoms with Crippen LogP contribution in [0.5, 0.6) is 0 Å². The summed E-state index contributed by atoms with van der Waals surface area (Å²) in [5, 5.41) is 15.1. The van der Waals surface area contributed by atoms with Gasteiger partial charge < -0.3 is 4.52 Å². The number of benzene rings is 1. The first-order valence-electron chi connectivity index (χ1n) is 10.8. The third-order valence-electron chi connectivity index (χ3n) is 6.12. The second-order valence-corrected chi connectivity index (χ2v) is 8.21. The van der Waals surface area contributed by atoms with Gasteiger partial charge in [0, 0.05) is 23.9 Å². The number of nitrogens with one attached hydrogen (secondary N) is 1. The highest BCUT2D eigenvalue weighted by Gasteiger charge is 2.24. The topological polar surface area (TPSA) is 101 Å². The minimum atomic E-state index is -0.444. The molecule has 0 spiro atoms. The lowest BCUT2D eigenvalue weighted by Gasteiger charge is -2.22. The molecule has 1 aromatic carbocycles. The van der Waals surface area contributed by atoms with Gasteiger partial charge in [-0.15, -0.1) is 0 Å². The lowest BCUT2D eigenvalue weighted by molar-refractivity contribution is -0.129. The summed E-state index contributed by atoms with van der Waals surface area (Å²) in [6.07, 6.45) is 11.4. The van der Waals surface area contributed by atoms with Gasteiger partial charge in [0.15, 0.2) is 0 Å². The number of hydrogen-bond acceptors (Lipinski definition) is 6. The Balaban J connectivity index is 1.50. The van der Waals surface area contributed by atoms with E-state index in [9.17, 15) is 4.79 Å². The Morgan fingerprint density at radius 1 is 1.20 bits per heavy atom. The number of fused-ring (bicyclic) bond motifs is 1. The predicted molar refractivity (Wildman–Crippen MR) is 113 cm³/mol. The molecule has 2 heterocycles. The molecular formula is C23H28N4O3. The molecule has 1 aliphatic carbocycles. The Morgan fingerprint density at radius 3 is 2.87 bits per heavy atom. The van der Waals surface area contributed by atoms with Crippen molar-refractivity contribution in [3.63, 3.8) is 0 Å². The highest BCUT2D eigenvalue weighted by Crippen LogP contribution is 2.32. The van der Waals surface area contributed by atoms with Crippen LogP contribution >= 0.6 is 0 Å². The minimum Gasteiger partial charge on any atom is -0.339 e. The Morgan fingerprint density at radius 2 is 2.03 bits per heavy atom. The first-order chi connectivity index (χ1) is 14.7. The van der Waals surface area contributed by atoms with E-state index in [0.717, 1.165) is 36.0 Å². The predicted octanol–water partition coefficient (Wildman–Crippen LogP) is 5.01. The van der Waals surface area contributed by atoms with Gasteiger partial charge in [-0.05, 0) is 23.8 Å². The number of hydroxylamine groups is 1. The van der Waals surface area contributed by atoms with Gasteiger partial charge in [-0.2, -0.15) is 4.98 Å². The van der Waals surface area contributed by atoms with E-state index in [4.69, 9.17) is 9.73 Å². The fourth-order valence-corrected chi connectivity index (χ4v) is 4.51. The Bertz CT molecular complexity index is 976. The normalized spacial score (nSPS) is 15.9. The molecule has 3 aromatic rings. The average molecular weight is 409 g/mol. The second-order valence-electron chi connectivity index (χ2n) is 8.21. The van der Waals surface area contributed by atoms with Crippen LogP contribution < -0.4 is 5.48 Å². The average Bonchev–Trinajstić information content (AvgIpc) is 3.28. The number of amides is 1. The van der Waals surface area contributed by atoms with Crippen LogP contribution in [0, 0.1) is 5.92 Å². The fraction of sp³-hybridized carbons (Fsp3) is 0.478. The summed E-state index contributed by atoms with van der Waals surface area (Å²) in [5.41, 5.74) is 2.39. The van der Waals surface area contributed by atoms with Gasteiger partial charge in [0.1, 0.15) is 5.69 Å². The zero-order chi connectivity index (χ0) is 20.8. The standard InChI is InChI=1S/C23H28N4O3/c28-20(26-29)15-18(11-6-9-16-7-2-1-3-8-16)23-25-22(27-30-23)21-19-12-5-4-10-17(19)13-14-24-21/h4-5,10,12-14,16,18,29H,1-3,6-9,11,15H2,(H,26,28)/t18-/m1/s1. The fourth-order valence-electron chi connectivity index (χ4n) is 4.51. The molecule has 1 atom stereocenters. The zero-order valence-corrected chi connectivity index (χ0v) is 17.1. The maximum absolute atomic E-state index is 11.8. The summed E-state index contributed by atoms with van der Waals surface area (Å²) in [4.78, 5) is 20.9. The summed E-state index contributed by atoms with van der Waals surface area (Å²) in [7, 11) is 0. The minimum absolute atomic E-state index is 0.117. The molecule has 0 bridgehead atoms. The molecule has 0 unspecified atom stereocenters. The smallest absolute Gasteiger partial charge is 0.244 e. The lowest BCUT2D eigenvalue weighted by Crippen LogP contribution is -2.21. The summed E-state index contributed by atoms with van der Waals surface area (Å²) < 4.78 is 5.56. The van der Waals surface area contributed by atoms with Gasteiger partial charge in [-0.25, -0.2) is 5.48 Å². The van der Waals surface area contributed by atoms with Crippen molar-refractivity contribution >= 4 is 16.7 Å². The largest absolute Gasteiger partial charge is 0.339 e. The molecule has 158 valence electrons. The number of carbonyl (C=O) groups is 1. The molecule has 2 N–H and O–H groups in total. The quantitative estimate of drug-likeness (QED) is 0.401. The highest BCUT2D eigenvalue weighted by molar-refractivity contribution is 5.92. The molecule has 0 aliphatic heterocycles. The molecule has 30 heavy (non-hydrogen) atoms.